The highest BCUT2D eigenvalue weighted by Gasteiger charge is 2.25. The normalized spacial score (nSPS) is 12.2. The molecule has 22 heavy (non-hydrogen) atoms. The van der Waals surface area contributed by atoms with Gasteiger partial charge in [0.1, 0.15) is 5.92 Å². The quantitative estimate of drug-likeness (QED) is 0.677. The Morgan fingerprint density at radius 1 is 0.955 bits per heavy atom. The molecule has 0 bridgehead atoms. The Bertz CT molecular complexity index is 575. The van der Waals surface area contributed by atoms with Crippen molar-refractivity contribution in [3.63, 3.8) is 0 Å². The molecule has 1 atom stereocenters. The first kappa shape index (κ1) is 16.9. The van der Waals surface area contributed by atoms with Crippen LogP contribution in [0, 0.1) is 0 Å². The maximum absolute atomic E-state index is 12.6. The van der Waals surface area contributed by atoms with Gasteiger partial charge in [0.05, 0.1) is 6.10 Å². The van der Waals surface area contributed by atoms with Crippen LogP contribution in [0.3, 0.4) is 0 Å². The number of hydrogen-bond acceptors (Lipinski definition) is 2. The van der Waals surface area contributed by atoms with Crippen molar-refractivity contribution in [1.82, 2.24) is 0 Å². The highest BCUT2D eigenvalue weighted by molar-refractivity contribution is 6.30. The standard InChI is InChI=1S/C18H18Cl2O2/c1-3-12(2)22-18(21)17(13-4-8-15(19)9-5-13)14-6-10-16(20)11-7-14/h4-12,17H,3H2,1-2H3. The fraction of sp³-hybridized carbons (Fsp3) is 0.278. The molecule has 0 aliphatic carbocycles. The third-order valence-corrected chi connectivity index (χ3v) is 4.04. The van der Waals surface area contributed by atoms with Gasteiger partial charge in [-0.25, -0.2) is 0 Å². The zero-order valence-corrected chi connectivity index (χ0v) is 14.1. The summed E-state index contributed by atoms with van der Waals surface area (Å²) in [5.74, 6) is -0.748. The minimum atomic E-state index is -0.483. The number of benzene rings is 2. The van der Waals surface area contributed by atoms with Crippen LogP contribution in [0.1, 0.15) is 37.3 Å². The molecule has 0 amide bonds. The average molecular weight is 337 g/mol. The molecule has 0 aliphatic heterocycles. The Kier molecular flexibility index (Phi) is 5.87. The number of carbonyl (C=O) groups excluding carboxylic acids is 1. The van der Waals surface area contributed by atoms with E-state index in [1.807, 2.05) is 38.1 Å². The van der Waals surface area contributed by atoms with E-state index in [0.717, 1.165) is 17.5 Å². The van der Waals surface area contributed by atoms with E-state index in [9.17, 15) is 4.79 Å². The summed E-state index contributed by atoms with van der Waals surface area (Å²) in [6.45, 7) is 3.87. The molecule has 2 aromatic rings. The molecule has 2 aromatic carbocycles. The van der Waals surface area contributed by atoms with Gasteiger partial charge in [0.2, 0.25) is 0 Å². The molecule has 0 saturated carbocycles. The number of esters is 1. The molecule has 116 valence electrons. The molecule has 0 spiro atoms. The predicted octanol–water partition coefficient (Wildman–Crippen LogP) is 5.47. The third-order valence-electron chi connectivity index (χ3n) is 3.53. The topological polar surface area (TPSA) is 26.3 Å². The molecule has 0 heterocycles. The van der Waals surface area contributed by atoms with Crippen molar-refractivity contribution in [2.45, 2.75) is 32.3 Å². The van der Waals surface area contributed by atoms with E-state index in [1.54, 1.807) is 24.3 Å². The summed E-state index contributed by atoms with van der Waals surface area (Å²) in [5, 5.41) is 1.27. The van der Waals surface area contributed by atoms with Crippen LogP contribution in [0.5, 0.6) is 0 Å². The van der Waals surface area contributed by atoms with Gasteiger partial charge >= 0.3 is 5.97 Å². The van der Waals surface area contributed by atoms with Gasteiger partial charge in [-0.2, -0.15) is 0 Å². The third kappa shape index (κ3) is 4.25. The molecule has 0 radical (unpaired) electrons. The van der Waals surface area contributed by atoms with Gasteiger partial charge in [0, 0.05) is 10.0 Å². The minimum Gasteiger partial charge on any atom is -0.462 e. The summed E-state index contributed by atoms with van der Waals surface area (Å²) in [4.78, 5) is 12.6. The van der Waals surface area contributed by atoms with Gasteiger partial charge in [0.15, 0.2) is 0 Å². The van der Waals surface area contributed by atoms with Crippen molar-refractivity contribution in [1.29, 1.82) is 0 Å². The number of carbonyl (C=O) groups is 1. The van der Waals surface area contributed by atoms with Gasteiger partial charge < -0.3 is 4.74 Å². The van der Waals surface area contributed by atoms with Gasteiger partial charge in [-0.15, -0.1) is 0 Å². The first-order valence-electron chi connectivity index (χ1n) is 7.22. The summed E-state index contributed by atoms with van der Waals surface area (Å²) in [5.41, 5.74) is 1.69. The summed E-state index contributed by atoms with van der Waals surface area (Å²) < 4.78 is 5.53. The van der Waals surface area contributed by atoms with E-state index in [-0.39, 0.29) is 12.1 Å². The number of hydrogen-bond donors (Lipinski definition) is 0. The second kappa shape index (κ2) is 7.66. The molecular weight excluding hydrogens is 319 g/mol. The largest absolute Gasteiger partial charge is 0.462 e. The van der Waals surface area contributed by atoms with E-state index in [2.05, 4.69) is 0 Å². The first-order valence-corrected chi connectivity index (χ1v) is 7.98. The van der Waals surface area contributed by atoms with Crippen molar-refractivity contribution >= 4 is 29.2 Å². The number of halogens is 2. The SMILES string of the molecule is CCC(C)OC(=O)C(c1ccc(Cl)cc1)c1ccc(Cl)cc1. The van der Waals surface area contributed by atoms with E-state index in [1.165, 1.54) is 0 Å². The van der Waals surface area contributed by atoms with E-state index in [4.69, 9.17) is 27.9 Å². The van der Waals surface area contributed by atoms with Crippen molar-refractivity contribution in [2.24, 2.45) is 0 Å². The monoisotopic (exact) mass is 336 g/mol. The Morgan fingerprint density at radius 3 is 1.73 bits per heavy atom. The van der Waals surface area contributed by atoms with Crippen molar-refractivity contribution in [3.8, 4) is 0 Å². The summed E-state index contributed by atoms with van der Waals surface area (Å²) in [6, 6.07) is 14.5. The Labute approximate surface area is 141 Å². The zero-order valence-electron chi connectivity index (χ0n) is 12.6. The Morgan fingerprint density at radius 2 is 1.36 bits per heavy atom. The molecule has 0 N–H and O–H groups in total. The van der Waals surface area contributed by atoms with Gasteiger partial charge in [0.25, 0.3) is 0 Å². The lowest BCUT2D eigenvalue weighted by Crippen LogP contribution is -2.21. The summed E-state index contributed by atoms with van der Waals surface area (Å²) >= 11 is 11.9. The molecule has 4 heteroatoms. The molecule has 0 aromatic heterocycles. The second-order valence-corrected chi connectivity index (χ2v) is 6.06. The lowest BCUT2D eigenvalue weighted by Gasteiger charge is -2.20. The maximum atomic E-state index is 12.6. The fourth-order valence-corrected chi connectivity index (χ4v) is 2.38. The van der Waals surface area contributed by atoms with Crippen molar-refractivity contribution in [2.75, 3.05) is 0 Å². The van der Waals surface area contributed by atoms with Gasteiger partial charge in [-0.05, 0) is 48.7 Å². The molecule has 0 saturated heterocycles. The van der Waals surface area contributed by atoms with Gasteiger partial charge in [-0.3, -0.25) is 4.79 Å². The van der Waals surface area contributed by atoms with Crippen molar-refractivity contribution < 1.29 is 9.53 Å². The fourth-order valence-electron chi connectivity index (χ4n) is 2.12. The molecule has 0 fully saturated rings. The lowest BCUT2D eigenvalue weighted by atomic mass is 9.91. The van der Waals surface area contributed by atoms with Crippen LogP contribution in [-0.4, -0.2) is 12.1 Å². The minimum absolute atomic E-state index is 0.116. The summed E-state index contributed by atoms with van der Waals surface area (Å²) in [6.07, 6.45) is 0.661. The maximum Gasteiger partial charge on any atom is 0.318 e. The number of ether oxygens (including phenoxy) is 1. The Hall–Kier alpha value is -1.51. The van der Waals surface area contributed by atoms with Crippen LogP contribution in [0.4, 0.5) is 0 Å². The smallest absolute Gasteiger partial charge is 0.318 e. The van der Waals surface area contributed by atoms with Crippen LogP contribution in [-0.2, 0) is 9.53 Å². The molecular formula is C18H18Cl2O2. The lowest BCUT2D eigenvalue weighted by molar-refractivity contribution is -0.149. The van der Waals surface area contributed by atoms with Crippen LogP contribution in [0.25, 0.3) is 0 Å². The zero-order chi connectivity index (χ0) is 16.1. The highest BCUT2D eigenvalue weighted by Crippen LogP contribution is 2.29. The van der Waals surface area contributed by atoms with Crippen LogP contribution in [0.15, 0.2) is 48.5 Å². The number of rotatable bonds is 5. The Balaban J connectivity index is 2.37. The van der Waals surface area contributed by atoms with E-state index in [0.29, 0.717) is 10.0 Å². The molecule has 1 unspecified atom stereocenters. The molecule has 2 rings (SSSR count). The molecule has 2 nitrogen and oxygen atoms in total. The highest BCUT2D eigenvalue weighted by atomic mass is 35.5. The van der Waals surface area contributed by atoms with Crippen LogP contribution < -0.4 is 0 Å². The van der Waals surface area contributed by atoms with Crippen LogP contribution in [0.2, 0.25) is 10.0 Å². The average Bonchev–Trinajstić information content (AvgIpc) is 2.51. The van der Waals surface area contributed by atoms with Crippen molar-refractivity contribution in [3.05, 3.63) is 69.7 Å². The van der Waals surface area contributed by atoms with E-state index < -0.39 is 5.92 Å². The predicted molar refractivity (Wildman–Crippen MR) is 90.6 cm³/mol. The first-order chi connectivity index (χ1) is 10.5. The van der Waals surface area contributed by atoms with Gasteiger partial charge in [-0.1, -0.05) is 54.4 Å². The molecule has 0 aliphatic rings. The van der Waals surface area contributed by atoms with E-state index >= 15 is 0 Å². The van der Waals surface area contributed by atoms with Crippen LogP contribution >= 0.6 is 23.2 Å². The summed E-state index contributed by atoms with van der Waals surface area (Å²) in [7, 11) is 0. The second-order valence-electron chi connectivity index (χ2n) is 5.19.